The fraction of sp³-hybridized carbons (Fsp3) is 0. The molecule has 15 heavy (non-hydrogen) atoms. The molecule has 1 aromatic heterocycles. The first-order valence-electron chi connectivity index (χ1n) is 4.31. The zero-order valence-corrected chi connectivity index (χ0v) is 9.14. The highest BCUT2D eigenvalue weighted by molar-refractivity contribution is 6.42. The molecule has 0 saturated carbocycles. The largest absolute Gasteiger partial charge is 0.367 e. The molecule has 0 aliphatic heterocycles. The number of benzene rings is 1. The summed E-state index contributed by atoms with van der Waals surface area (Å²) in [5, 5.41) is 0.921. The molecule has 0 atom stereocenters. The van der Waals surface area contributed by atoms with Crippen molar-refractivity contribution in [1.82, 2.24) is 4.98 Å². The predicted molar refractivity (Wildman–Crippen MR) is 62.5 cm³/mol. The minimum Gasteiger partial charge on any atom is -0.367 e. The van der Waals surface area contributed by atoms with Crippen LogP contribution in [0, 0.1) is 0 Å². The fourth-order valence-corrected chi connectivity index (χ4v) is 1.60. The van der Waals surface area contributed by atoms with E-state index in [1.54, 1.807) is 30.6 Å². The van der Waals surface area contributed by atoms with Crippen molar-refractivity contribution >= 4 is 23.2 Å². The summed E-state index contributed by atoms with van der Waals surface area (Å²) in [6, 6.07) is 6.58. The van der Waals surface area contributed by atoms with Gasteiger partial charge in [-0.3, -0.25) is 4.79 Å². The summed E-state index contributed by atoms with van der Waals surface area (Å²) >= 11 is 11.7. The Morgan fingerprint density at radius 2 is 1.87 bits per heavy atom. The second kappa shape index (κ2) is 4.09. The van der Waals surface area contributed by atoms with Crippen LogP contribution in [0.4, 0.5) is 0 Å². The summed E-state index contributed by atoms with van der Waals surface area (Å²) < 4.78 is 0. The van der Waals surface area contributed by atoms with E-state index < -0.39 is 0 Å². The van der Waals surface area contributed by atoms with Gasteiger partial charge in [-0.2, -0.15) is 0 Å². The average Bonchev–Trinajstić information content (AvgIpc) is 2.23. The number of pyridine rings is 1. The lowest BCUT2D eigenvalue weighted by molar-refractivity contribution is 1.30. The van der Waals surface area contributed by atoms with Crippen LogP contribution in [-0.2, 0) is 0 Å². The fourth-order valence-electron chi connectivity index (χ4n) is 1.31. The van der Waals surface area contributed by atoms with E-state index in [2.05, 4.69) is 4.98 Å². The molecular formula is C11H7Cl2NO. The lowest BCUT2D eigenvalue weighted by Crippen LogP contribution is -2.02. The van der Waals surface area contributed by atoms with Crippen molar-refractivity contribution < 1.29 is 0 Å². The van der Waals surface area contributed by atoms with Crippen LogP contribution in [0.25, 0.3) is 11.1 Å². The number of hydrogen-bond acceptors (Lipinski definition) is 1. The maximum absolute atomic E-state index is 11.5. The molecule has 2 nitrogen and oxygen atoms in total. The molecule has 1 heterocycles. The lowest BCUT2D eigenvalue weighted by Gasteiger charge is -2.01. The summed E-state index contributed by atoms with van der Waals surface area (Å²) in [6.45, 7) is 0. The predicted octanol–water partition coefficient (Wildman–Crippen LogP) is 3.35. The minimum atomic E-state index is -0.0489. The first-order chi connectivity index (χ1) is 7.18. The van der Waals surface area contributed by atoms with Crippen molar-refractivity contribution in [3.05, 3.63) is 56.9 Å². The van der Waals surface area contributed by atoms with E-state index in [9.17, 15) is 4.79 Å². The number of H-pyrrole nitrogens is 1. The molecule has 0 amide bonds. The molecule has 0 unspecified atom stereocenters. The average molecular weight is 240 g/mol. The van der Waals surface area contributed by atoms with Crippen molar-refractivity contribution in [2.24, 2.45) is 0 Å². The smallest absolute Gasteiger partial charge is 0.189 e. The Bertz CT molecular complexity index is 548. The van der Waals surface area contributed by atoms with Crippen molar-refractivity contribution in [2.75, 3.05) is 0 Å². The highest BCUT2D eigenvalue weighted by atomic mass is 35.5. The molecule has 2 aromatic rings. The van der Waals surface area contributed by atoms with Crippen molar-refractivity contribution in [3.63, 3.8) is 0 Å². The highest BCUT2D eigenvalue weighted by Crippen LogP contribution is 2.26. The molecular weight excluding hydrogens is 233 g/mol. The van der Waals surface area contributed by atoms with Gasteiger partial charge in [0.25, 0.3) is 0 Å². The van der Waals surface area contributed by atoms with Gasteiger partial charge in [-0.1, -0.05) is 29.3 Å². The minimum absolute atomic E-state index is 0.0489. The highest BCUT2D eigenvalue weighted by Gasteiger charge is 2.04. The number of halogens is 2. The first kappa shape index (κ1) is 10.3. The van der Waals surface area contributed by atoms with Gasteiger partial charge in [0.05, 0.1) is 10.0 Å². The van der Waals surface area contributed by atoms with Gasteiger partial charge >= 0.3 is 0 Å². The van der Waals surface area contributed by atoms with E-state index >= 15 is 0 Å². The first-order valence-corrected chi connectivity index (χ1v) is 5.06. The molecule has 0 radical (unpaired) electrons. The SMILES string of the molecule is O=c1cc[nH]cc1-c1ccc(Cl)c(Cl)c1. The van der Waals surface area contributed by atoms with Gasteiger partial charge in [0, 0.05) is 24.0 Å². The molecule has 2 rings (SSSR count). The zero-order chi connectivity index (χ0) is 10.8. The van der Waals surface area contributed by atoms with Gasteiger partial charge in [0.15, 0.2) is 5.43 Å². The molecule has 0 aliphatic rings. The Morgan fingerprint density at radius 3 is 2.53 bits per heavy atom. The van der Waals surface area contributed by atoms with Gasteiger partial charge in [0.1, 0.15) is 0 Å². The normalized spacial score (nSPS) is 10.3. The second-order valence-electron chi connectivity index (χ2n) is 3.05. The van der Waals surface area contributed by atoms with E-state index in [0.29, 0.717) is 15.6 Å². The molecule has 1 N–H and O–H groups in total. The van der Waals surface area contributed by atoms with Crippen molar-refractivity contribution in [2.45, 2.75) is 0 Å². The summed E-state index contributed by atoms with van der Waals surface area (Å²) in [6.07, 6.45) is 3.23. The van der Waals surface area contributed by atoms with E-state index in [0.717, 1.165) is 5.56 Å². The topological polar surface area (TPSA) is 32.9 Å². The summed E-state index contributed by atoms with van der Waals surface area (Å²) in [5.41, 5.74) is 1.29. The van der Waals surface area contributed by atoms with Crippen LogP contribution in [0.3, 0.4) is 0 Å². The maximum atomic E-state index is 11.5. The van der Waals surface area contributed by atoms with Crippen LogP contribution in [0.5, 0.6) is 0 Å². The second-order valence-corrected chi connectivity index (χ2v) is 3.87. The molecule has 0 spiro atoms. The number of aromatic amines is 1. The van der Waals surface area contributed by atoms with Gasteiger partial charge in [-0.15, -0.1) is 0 Å². The molecule has 4 heteroatoms. The Kier molecular flexibility index (Phi) is 2.80. The van der Waals surface area contributed by atoms with Crippen LogP contribution in [0.2, 0.25) is 10.0 Å². The third-order valence-electron chi connectivity index (χ3n) is 2.05. The Balaban J connectivity index is 2.60. The van der Waals surface area contributed by atoms with E-state index in [1.165, 1.54) is 6.07 Å². The Hall–Kier alpha value is -1.25. The van der Waals surface area contributed by atoms with Crippen molar-refractivity contribution in [3.8, 4) is 11.1 Å². The molecule has 76 valence electrons. The number of rotatable bonds is 1. The monoisotopic (exact) mass is 239 g/mol. The van der Waals surface area contributed by atoms with Crippen LogP contribution < -0.4 is 5.43 Å². The third-order valence-corrected chi connectivity index (χ3v) is 2.79. The van der Waals surface area contributed by atoms with Crippen LogP contribution in [-0.4, -0.2) is 4.98 Å². The Labute approximate surface area is 96.5 Å². The molecule has 0 aliphatic carbocycles. The maximum Gasteiger partial charge on any atom is 0.189 e. The zero-order valence-electron chi connectivity index (χ0n) is 7.63. The van der Waals surface area contributed by atoms with E-state index in [-0.39, 0.29) is 5.43 Å². The Morgan fingerprint density at radius 1 is 1.07 bits per heavy atom. The van der Waals surface area contributed by atoms with Gasteiger partial charge in [-0.25, -0.2) is 0 Å². The number of hydrogen-bond donors (Lipinski definition) is 1. The van der Waals surface area contributed by atoms with Crippen LogP contribution in [0.1, 0.15) is 0 Å². The van der Waals surface area contributed by atoms with E-state index in [4.69, 9.17) is 23.2 Å². The molecule has 0 saturated heterocycles. The van der Waals surface area contributed by atoms with Gasteiger partial charge < -0.3 is 4.98 Å². The summed E-state index contributed by atoms with van der Waals surface area (Å²) in [7, 11) is 0. The molecule has 1 aromatic carbocycles. The number of nitrogens with one attached hydrogen (secondary N) is 1. The summed E-state index contributed by atoms with van der Waals surface area (Å²) in [4.78, 5) is 14.4. The van der Waals surface area contributed by atoms with Crippen LogP contribution >= 0.6 is 23.2 Å². The van der Waals surface area contributed by atoms with Gasteiger partial charge in [0.2, 0.25) is 0 Å². The summed E-state index contributed by atoms with van der Waals surface area (Å²) in [5.74, 6) is 0. The molecule has 0 fully saturated rings. The standard InChI is InChI=1S/C11H7Cl2NO/c12-9-2-1-7(5-10(9)13)8-6-14-4-3-11(8)15/h1-6H,(H,14,15). The van der Waals surface area contributed by atoms with Gasteiger partial charge in [-0.05, 0) is 17.7 Å². The van der Waals surface area contributed by atoms with Crippen molar-refractivity contribution in [1.29, 1.82) is 0 Å². The lowest BCUT2D eigenvalue weighted by atomic mass is 10.1. The van der Waals surface area contributed by atoms with Crippen LogP contribution in [0.15, 0.2) is 41.5 Å². The number of aromatic nitrogens is 1. The molecule has 0 bridgehead atoms. The van der Waals surface area contributed by atoms with E-state index in [1.807, 2.05) is 0 Å². The quantitative estimate of drug-likeness (QED) is 0.814. The third kappa shape index (κ3) is 2.06.